The van der Waals surface area contributed by atoms with E-state index in [1.165, 1.54) is 0 Å². The van der Waals surface area contributed by atoms with Crippen molar-refractivity contribution in [3.63, 3.8) is 0 Å². The first kappa shape index (κ1) is 11.3. The number of rotatable bonds is 4. The van der Waals surface area contributed by atoms with E-state index < -0.39 is 0 Å². The molecule has 0 aromatic carbocycles. The molecule has 0 spiro atoms. The third kappa shape index (κ3) is 3.18. The van der Waals surface area contributed by atoms with E-state index in [0.29, 0.717) is 19.1 Å². The van der Waals surface area contributed by atoms with Gasteiger partial charge in [-0.15, -0.1) is 0 Å². The summed E-state index contributed by atoms with van der Waals surface area (Å²) in [5, 5.41) is 8.95. The van der Waals surface area contributed by atoms with E-state index in [4.69, 9.17) is 9.84 Å². The minimum Gasteiger partial charge on any atom is -0.449 e. The third-order valence-electron chi connectivity index (χ3n) is 2.41. The van der Waals surface area contributed by atoms with Gasteiger partial charge in [0, 0.05) is 19.0 Å². The van der Waals surface area contributed by atoms with Gasteiger partial charge in [-0.3, -0.25) is 0 Å². The fourth-order valence-corrected chi connectivity index (χ4v) is 1.43. The Labute approximate surface area is 84.8 Å². The fourth-order valence-electron chi connectivity index (χ4n) is 1.43. The van der Waals surface area contributed by atoms with Crippen LogP contribution in [0.2, 0.25) is 0 Å². The first-order valence-electron chi connectivity index (χ1n) is 5.16. The van der Waals surface area contributed by atoms with Gasteiger partial charge in [0.25, 0.3) is 0 Å². The average molecular weight is 201 g/mol. The Morgan fingerprint density at radius 3 is 2.93 bits per heavy atom. The maximum Gasteiger partial charge on any atom is 0.409 e. The van der Waals surface area contributed by atoms with E-state index in [1.807, 2.05) is 0 Å². The molecule has 4 heteroatoms. The van der Waals surface area contributed by atoms with Gasteiger partial charge in [0.15, 0.2) is 0 Å². The van der Waals surface area contributed by atoms with Crippen molar-refractivity contribution in [2.75, 3.05) is 26.3 Å². The van der Waals surface area contributed by atoms with Gasteiger partial charge in [0.2, 0.25) is 0 Å². The Morgan fingerprint density at radius 2 is 2.36 bits per heavy atom. The molecule has 1 aliphatic rings. The van der Waals surface area contributed by atoms with Crippen LogP contribution in [0.3, 0.4) is 0 Å². The summed E-state index contributed by atoms with van der Waals surface area (Å²) in [6.45, 7) is 6.05. The first-order valence-corrected chi connectivity index (χ1v) is 5.16. The number of hydrogen-bond donors (Lipinski definition) is 1. The van der Waals surface area contributed by atoms with Gasteiger partial charge >= 0.3 is 6.09 Å². The molecule has 1 heterocycles. The summed E-state index contributed by atoms with van der Waals surface area (Å²) >= 11 is 0. The zero-order chi connectivity index (χ0) is 10.6. The van der Waals surface area contributed by atoms with Crippen LogP contribution < -0.4 is 0 Å². The number of ether oxygens (including phenoxy) is 1. The molecule has 1 fully saturated rings. The Hall–Kier alpha value is -0.770. The maximum absolute atomic E-state index is 11.3. The maximum atomic E-state index is 11.3. The molecule has 0 aromatic rings. The number of carbonyl (C=O) groups excluding carboxylic acids is 1. The molecule has 4 nitrogen and oxygen atoms in total. The van der Waals surface area contributed by atoms with Crippen LogP contribution in [0.5, 0.6) is 0 Å². The molecule has 1 rings (SSSR count). The van der Waals surface area contributed by atoms with Crippen LogP contribution in [-0.2, 0) is 4.74 Å². The number of aliphatic hydroxyl groups is 1. The molecule has 1 atom stereocenters. The van der Waals surface area contributed by atoms with Crippen LogP contribution in [0, 0.1) is 11.8 Å². The van der Waals surface area contributed by atoms with E-state index in [-0.39, 0.29) is 18.6 Å². The van der Waals surface area contributed by atoms with Crippen molar-refractivity contribution in [1.29, 1.82) is 0 Å². The number of cyclic esters (lactones) is 1. The number of amides is 1. The second-order valence-electron chi connectivity index (χ2n) is 4.25. The van der Waals surface area contributed by atoms with Gasteiger partial charge in [0.1, 0.15) is 0 Å². The lowest BCUT2D eigenvalue weighted by molar-refractivity contribution is 0.0236. The highest BCUT2D eigenvalue weighted by atomic mass is 16.6. The lowest BCUT2D eigenvalue weighted by Crippen LogP contribution is -2.44. The van der Waals surface area contributed by atoms with Gasteiger partial charge < -0.3 is 14.7 Å². The molecule has 1 saturated heterocycles. The van der Waals surface area contributed by atoms with Gasteiger partial charge in [-0.1, -0.05) is 13.8 Å². The largest absolute Gasteiger partial charge is 0.449 e. The van der Waals surface area contributed by atoms with E-state index in [0.717, 1.165) is 13.0 Å². The highest BCUT2D eigenvalue weighted by molar-refractivity contribution is 5.68. The smallest absolute Gasteiger partial charge is 0.409 e. The fraction of sp³-hybridized carbons (Fsp3) is 0.900. The molecule has 1 aliphatic heterocycles. The summed E-state index contributed by atoms with van der Waals surface area (Å²) in [5.74, 6) is 0.664. The van der Waals surface area contributed by atoms with Crippen molar-refractivity contribution in [2.24, 2.45) is 11.8 Å². The average Bonchev–Trinajstić information content (AvgIpc) is 2.16. The molecule has 1 N–H and O–H groups in total. The number of hydrogen-bond acceptors (Lipinski definition) is 3. The molecule has 14 heavy (non-hydrogen) atoms. The summed E-state index contributed by atoms with van der Waals surface area (Å²) in [4.78, 5) is 13.0. The molecule has 82 valence electrons. The third-order valence-corrected chi connectivity index (χ3v) is 2.41. The molecular weight excluding hydrogens is 182 g/mol. The molecule has 0 radical (unpaired) electrons. The van der Waals surface area contributed by atoms with Crippen molar-refractivity contribution < 1.29 is 14.6 Å². The Balaban J connectivity index is 2.36. The summed E-state index contributed by atoms with van der Waals surface area (Å²) in [6, 6.07) is 0. The van der Waals surface area contributed by atoms with Crippen LogP contribution in [0.4, 0.5) is 4.79 Å². The van der Waals surface area contributed by atoms with Gasteiger partial charge in [-0.25, -0.2) is 4.79 Å². The predicted molar refractivity (Wildman–Crippen MR) is 53.0 cm³/mol. The predicted octanol–water partition coefficient (Wildman–Crippen LogP) is 1.09. The first-order chi connectivity index (χ1) is 6.63. The number of aliphatic hydroxyl groups excluding tert-OH is 1. The molecule has 1 amide bonds. The van der Waals surface area contributed by atoms with Crippen LogP contribution in [0.1, 0.15) is 20.3 Å². The zero-order valence-electron chi connectivity index (χ0n) is 8.90. The molecule has 0 aromatic heterocycles. The normalized spacial score (nSPS) is 22.7. The standard InChI is InChI=1S/C10H19NO3/c1-8(2)3-4-11-5-9(6-12)7-14-10(11)13/h8-9,12H,3-7H2,1-2H3. The van der Waals surface area contributed by atoms with Gasteiger partial charge in [-0.05, 0) is 12.3 Å². The van der Waals surface area contributed by atoms with E-state index in [2.05, 4.69) is 13.8 Å². The molecular formula is C10H19NO3. The number of nitrogens with zero attached hydrogens (tertiary/aromatic N) is 1. The molecule has 0 aliphatic carbocycles. The summed E-state index contributed by atoms with van der Waals surface area (Å²) in [6.07, 6.45) is 0.739. The summed E-state index contributed by atoms with van der Waals surface area (Å²) in [5.41, 5.74) is 0. The molecule has 1 unspecified atom stereocenters. The lowest BCUT2D eigenvalue weighted by atomic mass is 10.1. The highest BCUT2D eigenvalue weighted by Gasteiger charge is 2.26. The van der Waals surface area contributed by atoms with Crippen molar-refractivity contribution in [3.05, 3.63) is 0 Å². The van der Waals surface area contributed by atoms with E-state index in [9.17, 15) is 4.79 Å². The number of carbonyl (C=O) groups is 1. The van der Waals surface area contributed by atoms with Gasteiger partial charge in [-0.2, -0.15) is 0 Å². The van der Waals surface area contributed by atoms with Gasteiger partial charge in [0.05, 0.1) is 13.2 Å². The monoisotopic (exact) mass is 201 g/mol. The Morgan fingerprint density at radius 1 is 1.64 bits per heavy atom. The van der Waals surface area contributed by atoms with Crippen molar-refractivity contribution in [1.82, 2.24) is 4.90 Å². The molecule has 0 saturated carbocycles. The van der Waals surface area contributed by atoms with Crippen molar-refractivity contribution >= 4 is 6.09 Å². The van der Waals surface area contributed by atoms with Crippen LogP contribution in [-0.4, -0.2) is 42.4 Å². The van der Waals surface area contributed by atoms with Crippen molar-refractivity contribution in [3.8, 4) is 0 Å². The Kier molecular flexibility index (Phi) is 4.20. The topological polar surface area (TPSA) is 49.8 Å². The minimum atomic E-state index is -0.240. The molecule has 0 bridgehead atoms. The van der Waals surface area contributed by atoms with Crippen LogP contribution in [0.25, 0.3) is 0 Å². The lowest BCUT2D eigenvalue weighted by Gasteiger charge is -2.31. The quantitative estimate of drug-likeness (QED) is 0.740. The van der Waals surface area contributed by atoms with Crippen LogP contribution in [0.15, 0.2) is 0 Å². The Bertz CT molecular complexity index is 194. The van der Waals surface area contributed by atoms with Crippen molar-refractivity contribution in [2.45, 2.75) is 20.3 Å². The zero-order valence-corrected chi connectivity index (χ0v) is 8.90. The minimum absolute atomic E-state index is 0.0832. The SMILES string of the molecule is CC(C)CCN1CC(CO)COC1=O. The van der Waals surface area contributed by atoms with E-state index in [1.54, 1.807) is 4.90 Å². The van der Waals surface area contributed by atoms with E-state index >= 15 is 0 Å². The summed E-state index contributed by atoms with van der Waals surface area (Å²) < 4.78 is 4.95. The second-order valence-corrected chi connectivity index (χ2v) is 4.25. The highest BCUT2D eigenvalue weighted by Crippen LogP contribution is 2.12. The second kappa shape index (κ2) is 5.20. The summed E-state index contributed by atoms with van der Waals surface area (Å²) in [7, 11) is 0. The van der Waals surface area contributed by atoms with Crippen LogP contribution >= 0.6 is 0 Å².